The molecule has 104 valence electrons. The van der Waals surface area contributed by atoms with Gasteiger partial charge in [-0.15, -0.1) is 0 Å². The Balaban J connectivity index is 2.82. The van der Waals surface area contributed by atoms with Crippen LogP contribution in [0.1, 0.15) is 11.7 Å². The zero-order valence-corrected chi connectivity index (χ0v) is 10.1. The van der Waals surface area contributed by atoms with Crippen LogP contribution in [0.3, 0.4) is 0 Å². The van der Waals surface area contributed by atoms with E-state index in [0.29, 0.717) is 0 Å². The average Bonchev–Trinajstić information content (AvgIpc) is 2.27. The van der Waals surface area contributed by atoms with Crippen LogP contribution in [-0.4, -0.2) is 46.1 Å². The Morgan fingerprint density at radius 2 is 2.21 bits per heavy atom. The molecule has 1 unspecified atom stereocenters. The molecule has 1 atom stereocenters. The number of halogens is 1. The molecule has 1 rings (SSSR count). The third-order valence-electron chi connectivity index (χ3n) is 2.44. The van der Waals surface area contributed by atoms with E-state index >= 15 is 0 Å². The van der Waals surface area contributed by atoms with Gasteiger partial charge in [-0.1, -0.05) is 6.07 Å². The van der Waals surface area contributed by atoms with Crippen molar-refractivity contribution in [3.63, 3.8) is 0 Å². The highest BCUT2D eigenvalue weighted by molar-refractivity contribution is 5.69. The fraction of sp³-hybridized carbons (Fsp3) is 0.364. The molecule has 0 heterocycles. The lowest BCUT2D eigenvalue weighted by atomic mass is 10.1. The largest absolute Gasteiger partial charge is 0.480 e. The molecule has 0 bridgehead atoms. The first-order chi connectivity index (χ1) is 8.81. The number of nitrogens with zero attached hydrogens (tertiary/aromatic N) is 2. The number of likely N-dealkylation sites (N-methyl/N-ethyl adjacent to an activating group) is 1. The molecule has 19 heavy (non-hydrogen) atoms. The van der Waals surface area contributed by atoms with Gasteiger partial charge in [0.2, 0.25) is 5.82 Å². The predicted octanol–water partition coefficient (Wildman–Crippen LogP) is 0.784. The number of nitro groups is 1. The van der Waals surface area contributed by atoms with Crippen molar-refractivity contribution in [3.8, 4) is 0 Å². The van der Waals surface area contributed by atoms with Gasteiger partial charge in [0, 0.05) is 12.6 Å². The van der Waals surface area contributed by atoms with Crippen LogP contribution >= 0.6 is 0 Å². The van der Waals surface area contributed by atoms with Crippen molar-refractivity contribution in [2.75, 3.05) is 20.1 Å². The first-order valence-corrected chi connectivity index (χ1v) is 5.33. The number of aliphatic hydroxyl groups excluding tert-OH is 1. The average molecular weight is 272 g/mol. The molecule has 0 aliphatic heterocycles. The molecule has 0 fully saturated rings. The van der Waals surface area contributed by atoms with Gasteiger partial charge in [-0.3, -0.25) is 19.8 Å². The minimum Gasteiger partial charge on any atom is -0.480 e. The van der Waals surface area contributed by atoms with Crippen LogP contribution in [0.4, 0.5) is 10.1 Å². The maximum absolute atomic E-state index is 13.1. The maximum atomic E-state index is 13.1. The number of rotatable bonds is 6. The minimum atomic E-state index is -1.14. The molecule has 0 saturated carbocycles. The number of nitro benzene ring substituents is 1. The molecule has 0 radical (unpaired) electrons. The summed E-state index contributed by atoms with van der Waals surface area (Å²) in [6.07, 6.45) is -1.14. The first-order valence-electron chi connectivity index (χ1n) is 5.33. The van der Waals surface area contributed by atoms with Gasteiger partial charge >= 0.3 is 11.7 Å². The van der Waals surface area contributed by atoms with Gasteiger partial charge in [-0.25, -0.2) is 0 Å². The zero-order valence-electron chi connectivity index (χ0n) is 10.1. The Kier molecular flexibility index (Phi) is 4.90. The molecule has 0 aliphatic carbocycles. The van der Waals surface area contributed by atoms with Crippen LogP contribution in [-0.2, 0) is 4.79 Å². The normalized spacial score (nSPS) is 12.4. The summed E-state index contributed by atoms with van der Waals surface area (Å²) in [7, 11) is 1.48. The van der Waals surface area contributed by atoms with E-state index in [1.807, 2.05) is 0 Å². The number of carboxylic acid groups (broad SMARTS) is 1. The van der Waals surface area contributed by atoms with E-state index in [0.717, 1.165) is 12.1 Å². The summed E-state index contributed by atoms with van der Waals surface area (Å²) < 4.78 is 13.1. The van der Waals surface area contributed by atoms with Gasteiger partial charge in [0.05, 0.1) is 17.6 Å². The quantitative estimate of drug-likeness (QED) is 0.586. The van der Waals surface area contributed by atoms with Crippen molar-refractivity contribution in [1.82, 2.24) is 4.90 Å². The topological polar surface area (TPSA) is 104 Å². The SMILES string of the molecule is CN(CC(=O)O)CC(O)c1ccc(F)c([N+](=O)[O-])c1. The molecule has 0 aliphatic rings. The smallest absolute Gasteiger partial charge is 0.317 e. The van der Waals surface area contributed by atoms with Crippen molar-refractivity contribution in [2.24, 2.45) is 0 Å². The molecule has 0 saturated heterocycles. The third-order valence-corrected chi connectivity index (χ3v) is 2.44. The molecule has 2 N–H and O–H groups in total. The number of carboxylic acids is 1. The number of carbonyl (C=O) groups is 1. The maximum Gasteiger partial charge on any atom is 0.317 e. The molecule has 8 heteroatoms. The van der Waals surface area contributed by atoms with Crippen molar-refractivity contribution in [1.29, 1.82) is 0 Å². The van der Waals surface area contributed by atoms with Gasteiger partial charge in [-0.05, 0) is 18.7 Å². The fourth-order valence-corrected chi connectivity index (χ4v) is 1.57. The second kappa shape index (κ2) is 6.21. The van der Waals surface area contributed by atoms with Gasteiger partial charge in [0.25, 0.3) is 0 Å². The number of benzene rings is 1. The van der Waals surface area contributed by atoms with Crippen LogP contribution < -0.4 is 0 Å². The minimum absolute atomic E-state index is 0.0327. The Morgan fingerprint density at radius 3 is 2.74 bits per heavy atom. The summed E-state index contributed by atoms with van der Waals surface area (Å²) >= 11 is 0. The number of hydrogen-bond donors (Lipinski definition) is 2. The summed E-state index contributed by atoms with van der Waals surface area (Å²) in [5.41, 5.74) is -0.567. The summed E-state index contributed by atoms with van der Waals surface area (Å²) in [6, 6.07) is 3.06. The van der Waals surface area contributed by atoms with Crippen LogP contribution in [0.5, 0.6) is 0 Å². The van der Waals surface area contributed by atoms with Crippen molar-refractivity contribution < 1.29 is 24.3 Å². The molecular formula is C11H13FN2O5. The monoisotopic (exact) mass is 272 g/mol. The molecule has 7 nitrogen and oxygen atoms in total. The Morgan fingerprint density at radius 1 is 1.58 bits per heavy atom. The highest BCUT2D eigenvalue weighted by Gasteiger charge is 2.19. The van der Waals surface area contributed by atoms with Gasteiger partial charge < -0.3 is 10.2 Å². The third kappa shape index (κ3) is 4.27. The molecule has 0 spiro atoms. The molecular weight excluding hydrogens is 259 g/mol. The zero-order chi connectivity index (χ0) is 14.6. The lowest BCUT2D eigenvalue weighted by molar-refractivity contribution is -0.387. The van der Waals surface area contributed by atoms with E-state index < -0.39 is 28.5 Å². The second-order valence-electron chi connectivity index (χ2n) is 4.07. The predicted molar refractivity (Wildman–Crippen MR) is 63.1 cm³/mol. The lowest BCUT2D eigenvalue weighted by Gasteiger charge is -2.18. The van der Waals surface area contributed by atoms with Gasteiger partial charge in [0.1, 0.15) is 0 Å². The summed E-state index contributed by atoms with van der Waals surface area (Å²) in [6.45, 7) is -0.310. The van der Waals surface area contributed by atoms with E-state index in [2.05, 4.69) is 0 Å². The first kappa shape index (κ1) is 15.0. The molecule has 1 aromatic carbocycles. The van der Waals surface area contributed by atoms with E-state index in [4.69, 9.17) is 5.11 Å². The van der Waals surface area contributed by atoms with Crippen molar-refractivity contribution in [3.05, 3.63) is 39.7 Å². The Bertz CT molecular complexity index is 494. The van der Waals surface area contributed by atoms with E-state index in [1.54, 1.807) is 0 Å². The van der Waals surface area contributed by atoms with Crippen LogP contribution in [0.25, 0.3) is 0 Å². The molecule has 0 aromatic heterocycles. The van der Waals surface area contributed by atoms with Crippen LogP contribution in [0.2, 0.25) is 0 Å². The standard InChI is InChI=1S/C11H13FN2O5/c1-13(6-11(16)17)5-10(15)7-2-3-8(12)9(4-7)14(18)19/h2-4,10,15H,5-6H2,1H3,(H,16,17). The van der Waals surface area contributed by atoms with E-state index in [1.165, 1.54) is 18.0 Å². The van der Waals surface area contributed by atoms with Crippen molar-refractivity contribution in [2.45, 2.75) is 6.10 Å². The molecule has 1 aromatic rings. The van der Waals surface area contributed by atoms with E-state index in [-0.39, 0.29) is 18.7 Å². The van der Waals surface area contributed by atoms with E-state index in [9.17, 15) is 24.4 Å². The fourth-order valence-electron chi connectivity index (χ4n) is 1.57. The molecule has 0 amide bonds. The number of hydrogen-bond acceptors (Lipinski definition) is 5. The number of aliphatic hydroxyl groups is 1. The van der Waals surface area contributed by atoms with Crippen LogP contribution in [0, 0.1) is 15.9 Å². The van der Waals surface area contributed by atoms with Crippen LogP contribution in [0.15, 0.2) is 18.2 Å². The number of aliphatic carboxylic acids is 1. The summed E-state index contributed by atoms with van der Waals surface area (Å²) in [4.78, 5) is 21.5. The Hall–Kier alpha value is -2.06. The highest BCUT2D eigenvalue weighted by Crippen LogP contribution is 2.23. The highest BCUT2D eigenvalue weighted by atomic mass is 19.1. The van der Waals surface area contributed by atoms with Gasteiger partial charge in [-0.2, -0.15) is 4.39 Å². The Labute approximate surface area is 108 Å². The lowest BCUT2D eigenvalue weighted by Crippen LogP contribution is -2.29. The second-order valence-corrected chi connectivity index (χ2v) is 4.07. The van der Waals surface area contributed by atoms with Crippen molar-refractivity contribution >= 4 is 11.7 Å². The summed E-state index contributed by atoms with van der Waals surface area (Å²) in [5, 5.41) is 28.9. The van der Waals surface area contributed by atoms with Gasteiger partial charge in [0.15, 0.2) is 0 Å². The summed E-state index contributed by atoms with van der Waals surface area (Å²) in [5.74, 6) is -2.04.